The maximum atomic E-state index is 10.5. The van der Waals surface area contributed by atoms with E-state index in [1.165, 1.54) is 6.21 Å². The van der Waals surface area contributed by atoms with Crippen LogP contribution in [0.4, 0.5) is 0 Å². The van der Waals surface area contributed by atoms with Gasteiger partial charge in [-0.25, -0.2) is 5.43 Å². The molecule has 0 rings (SSSR count). The van der Waals surface area contributed by atoms with Crippen molar-refractivity contribution < 1.29 is 4.79 Å². The molecule has 0 fully saturated rings. The smallest absolute Gasteiger partial charge is 0.254 e. The normalized spacial score (nSPS) is 10.2. The highest BCUT2D eigenvalue weighted by Gasteiger charge is 1.93. The second-order valence-corrected chi connectivity index (χ2v) is 1.67. The van der Waals surface area contributed by atoms with Crippen LogP contribution in [0.25, 0.3) is 0 Å². The lowest BCUT2D eigenvalue weighted by Crippen LogP contribution is -2.15. The van der Waals surface area contributed by atoms with Crippen LogP contribution in [0.3, 0.4) is 0 Å². The molecule has 11 heavy (non-hydrogen) atoms. The largest absolute Gasteiger partial charge is 0.272 e. The van der Waals surface area contributed by atoms with Crippen molar-refractivity contribution in [2.24, 2.45) is 5.10 Å². The van der Waals surface area contributed by atoms with Gasteiger partial charge in [0.05, 0.1) is 6.07 Å². The second-order valence-electron chi connectivity index (χ2n) is 1.67. The van der Waals surface area contributed by atoms with Gasteiger partial charge in [-0.3, -0.25) is 4.79 Å². The molecule has 4 heteroatoms. The Kier molecular flexibility index (Phi) is 5.53. The molecule has 58 valence electrons. The Morgan fingerprint density at radius 2 is 2.55 bits per heavy atom. The van der Waals surface area contributed by atoms with Gasteiger partial charge >= 0.3 is 0 Å². The monoisotopic (exact) mass is 151 g/mol. The van der Waals surface area contributed by atoms with Gasteiger partial charge < -0.3 is 0 Å². The van der Waals surface area contributed by atoms with Crippen LogP contribution in [0.2, 0.25) is 0 Å². The number of rotatable bonds is 3. The summed E-state index contributed by atoms with van der Waals surface area (Å²) in [5.74, 6) is -0.395. The molecule has 0 aliphatic carbocycles. The van der Waals surface area contributed by atoms with Gasteiger partial charge in [0.25, 0.3) is 5.91 Å². The number of hydrogen-bond acceptors (Lipinski definition) is 3. The number of amides is 1. The molecule has 4 nitrogen and oxygen atoms in total. The summed E-state index contributed by atoms with van der Waals surface area (Å²) >= 11 is 0. The number of hydrogen-bond donors (Lipinski definition) is 1. The summed E-state index contributed by atoms with van der Waals surface area (Å²) in [4.78, 5) is 10.5. The van der Waals surface area contributed by atoms with Crippen molar-refractivity contribution in [2.75, 3.05) is 0 Å². The van der Waals surface area contributed by atoms with Gasteiger partial charge in [0, 0.05) is 6.21 Å². The Morgan fingerprint density at radius 1 is 1.82 bits per heavy atom. The Labute approximate surface area is 65.2 Å². The molecule has 0 aromatic rings. The summed E-state index contributed by atoms with van der Waals surface area (Å²) in [6, 6.07) is 1.70. The highest BCUT2D eigenvalue weighted by atomic mass is 16.2. The van der Waals surface area contributed by atoms with E-state index in [0.717, 1.165) is 0 Å². The summed E-state index contributed by atoms with van der Waals surface area (Å²) in [7, 11) is 0. The molecule has 0 saturated heterocycles. The highest BCUT2D eigenvalue weighted by Crippen LogP contribution is 1.73. The van der Waals surface area contributed by atoms with Gasteiger partial charge in [0.1, 0.15) is 6.42 Å². The number of hydrazone groups is 1. The van der Waals surface area contributed by atoms with E-state index in [1.807, 2.05) is 6.92 Å². The first kappa shape index (κ1) is 9.37. The number of carbonyl (C=O) groups is 1. The first-order chi connectivity index (χ1) is 5.31. The number of allylic oxidation sites excluding steroid dienone is 2. The molecule has 0 radical (unpaired) electrons. The van der Waals surface area contributed by atoms with Crippen molar-refractivity contribution in [3.63, 3.8) is 0 Å². The van der Waals surface area contributed by atoms with Crippen molar-refractivity contribution in [1.82, 2.24) is 5.43 Å². The maximum absolute atomic E-state index is 10.5. The molecular formula is C7H9N3O. The first-order valence-electron chi connectivity index (χ1n) is 3.11. The van der Waals surface area contributed by atoms with Gasteiger partial charge in [-0.05, 0) is 13.0 Å². The lowest BCUT2D eigenvalue weighted by atomic mass is 10.5. The predicted octanol–water partition coefficient (Wildman–Crippen LogP) is 0.578. The predicted molar refractivity (Wildman–Crippen MR) is 41.7 cm³/mol. The third-order valence-corrected chi connectivity index (χ3v) is 0.782. The average molecular weight is 151 g/mol. The fourth-order valence-electron chi connectivity index (χ4n) is 0.350. The molecule has 0 atom stereocenters. The SMILES string of the molecule is CC=CC=NNC(=O)CC#N. The topological polar surface area (TPSA) is 65.2 Å². The van der Waals surface area contributed by atoms with Gasteiger partial charge in [-0.2, -0.15) is 10.4 Å². The van der Waals surface area contributed by atoms with E-state index >= 15 is 0 Å². The number of nitrogens with one attached hydrogen (secondary N) is 1. The van der Waals surface area contributed by atoms with Gasteiger partial charge in [-0.1, -0.05) is 6.08 Å². The van der Waals surface area contributed by atoms with Gasteiger partial charge in [-0.15, -0.1) is 0 Å². The van der Waals surface area contributed by atoms with Crippen molar-refractivity contribution in [3.8, 4) is 6.07 Å². The third kappa shape index (κ3) is 6.25. The number of carbonyl (C=O) groups excluding carboxylic acids is 1. The third-order valence-electron chi connectivity index (χ3n) is 0.782. The Bertz CT molecular complexity index is 212. The lowest BCUT2D eigenvalue weighted by molar-refractivity contribution is -0.120. The molecule has 0 heterocycles. The summed E-state index contributed by atoms with van der Waals surface area (Å²) in [6.07, 6.45) is 4.73. The van der Waals surface area contributed by atoms with E-state index in [1.54, 1.807) is 18.2 Å². The summed E-state index contributed by atoms with van der Waals surface area (Å²) in [5, 5.41) is 11.6. The van der Waals surface area contributed by atoms with Crippen LogP contribution < -0.4 is 5.43 Å². The molecular weight excluding hydrogens is 142 g/mol. The van der Waals surface area contributed by atoms with Crippen molar-refractivity contribution >= 4 is 12.1 Å². The fraction of sp³-hybridized carbons (Fsp3) is 0.286. The van der Waals surface area contributed by atoms with Gasteiger partial charge in [0.2, 0.25) is 0 Å². The van der Waals surface area contributed by atoms with Crippen LogP contribution in [-0.4, -0.2) is 12.1 Å². The second kappa shape index (κ2) is 6.49. The van der Waals surface area contributed by atoms with Gasteiger partial charge in [0.15, 0.2) is 0 Å². The molecule has 1 N–H and O–H groups in total. The quantitative estimate of drug-likeness (QED) is 0.473. The van der Waals surface area contributed by atoms with Crippen LogP contribution in [0.1, 0.15) is 13.3 Å². The standard InChI is InChI=1S/C7H9N3O/c1-2-3-6-9-10-7(11)4-5-8/h2-3,6H,4H2,1H3,(H,10,11). The summed E-state index contributed by atoms with van der Waals surface area (Å²) in [6.45, 7) is 1.84. The zero-order valence-electron chi connectivity index (χ0n) is 6.24. The van der Waals surface area contributed by atoms with Crippen molar-refractivity contribution in [2.45, 2.75) is 13.3 Å². The minimum absolute atomic E-state index is 0.160. The van der Waals surface area contributed by atoms with Crippen molar-refractivity contribution in [3.05, 3.63) is 12.2 Å². The Hall–Kier alpha value is -1.63. The van der Waals surface area contributed by atoms with E-state index in [2.05, 4.69) is 10.5 Å². The minimum Gasteiger partial charge on any atom is -0.272 e. The first-order valence-corrected chi connectivity index (χ1v) is 3.11. The molecule has 0 saturated carbocycles. The molecule has 0 unspecified atom stereocenters. The zero-order valence-corrected chi connectivity index (χ0v) is 6.24. The van der Waals surface area contributed by atoms with Crippen LogP contribution in [0, 0.1) is 11.3 Å². The fourth-order valence-corrected chi connectivity index (χ4v) is 0.350. The molecule has 0 aliphatic rings. The Balaban J connectivity index is 3.55. The minimum atomic E-state index is -0.395. The maximum Gasteiger partial charge on any atom is 0.254 e. The van der Waals surface area contributed by atoms with E-state index in [0.29, 0.717) is 0 Å². The lowest BCUT2D eigenvalue weighted by Gasteiger charge is -1.89. The molecule has 0 aliphatic heterocycles. The summed E-state index contributed by atoms with van der Waals surface area (Å²) in [5.41, 5.74) is 2.18. The zero-order chi connectivity index (χ0) is 8.53. The van der Waals surface area contributed by atoms with E-state index < -0.39 is 5.91 Å². The highest BCUT2D eigenvalue weighted by molar-refractivity contribution is 5.79. The van der Waals surface area contributed by atoms with Crippen LogP contribution in [0.5, 0.6) is 0 Å². The molecule has 1 amide bonds. The molecule has 0 bridgehead atoms. The van der Waals surface area contributed by atoms with Crippen molar-refractivity contribution in [1.29, 1.82) is 5.26 Å². The van der Waals surface area contributed by atoms with E-state index in [4.69, 9.17) is 5.26 Å². The van der Waals surface area contributed by atoms with Crippen LogP contribution in [0.15, 0.2) is 17.3 Å². The van der Waals surface area contributed by atoms with E-state index in [-0.39, 0.29) is 6.42 Å². The molecule has 0 spiro atoms. The Morgan fingerprint density at radius 3 is 3.09 bits per heavy atom. The number of nitrogens with zero attached hydrogens (tertiary/aromatic N) is 2. The van der Waals surface area contributed by atoms with Crippen LogP contribution >= 0.6 is 0 Å². The van der Waals surface area contributed by atoms with E-state index in [9.17, 15) is 4.79 Å². The average Bonchev–Trinajstić information content (AvgIpc) is 1.99. The molecule has 0 aromatic heterocycles. The molecule has 0 aromatic carbocycles. The summed E-state index contributed by atoms with van der Waals surface area (Å²) < 4.78 is 0. The number of nitriles is 1. The van der Waals surface area contributed by atoms with Crippen LogP contribution in [-0.2, 0) is 4.79 Å².